The molecular formula is C20H45InN2. The van der Waals surface area contributed by atoms with E-state index in [2.05, 4.69) is 51.3 Å². The Morgan fingerprint density at radius 2 is 1.30 bits per heavy atom. The van der Waals surface area contributed by atoms with E-state index in [0.717, 1.165) is 6.04 Å². The predicted octanol–water partition coefficient (Wildman–Crippen LogP) is 5.52. The molecule has 0 saturated heterocycles. The van der Waals surface area contributed by atoms with Crippen LogP contribution in [0.25, 0.3) is 0 Å². The molecule has 0 aliphatic rings. The summed E-state index contributed by atoms with van der Waals surface area (Å²) >= 11 is -1.23. The fourth-order valence-electron chi connectivity index (χ4n) is 3.69. The van der Waals surface area contributed by atoms with Gasteiger partial charge in [-0.25, -0.2) is 0 Å². The minimum atomic E-state index is -1.23. The summed E-state index contributed by atoms with van der Waals surface area (Å²) in [6.45, 7) is 20.6. The van der Waals surface area contributed by atoms with Crippen LogP contribution in [0, 0.1) is 0 Å². The van der Waals surface area contributed by atoms with Crippen LogP contribution in [0.15, 0.2) is 0 Å². The van der Waals surface area contributed by atoms with Crippen molar-refractivity contribution < 1.29 is 0 Å². The van der Waals surface area contributed by atoms with E-state index in [-0.39, 0.29) is 0 Å². The topological polar surface area (TPSA) is 6.48 Å². The van der Waals surface area contributed by atoms with Gasteiger partial charge in [0.15, 0.2) is 0 Å². The van der Waals surface area contributed by atoms with E-state index in [1.165, 1.54) is 64.8 Å². The summed E-state index contributed by atoms with van der Waals surface area (Å²) < 4.78 is 4.92. The average Bonchev–Trinajstić information content (AvgIpc) is 2.52. The number of hydrogen-bond acceptors (Lipinski definition) is 2. The number of rotatable bonds is 16. The second kappa shape index (κ2) is 16.3. The van der Waals surface area contributed by atoms with Gasteiger partial charge in [-0.05, 0) is 0 Å². The molecule has 0 rings (SSSR count). The van der Waals surface area contributed by atoms with Crippen molar-refractivity contribution in [1.29, 1.82) is 0 Å². The van der Waals surface area contributed by atoms with Crippen LogP contribution in [-0.4, -0.2) is 70.0 Å². The third-order valence-corrected chi connectivity index (χ3v) is 16.0. The van der Waals surface area contributed by atoms with E-state index in [9.17, 15) is 0 Å². The molecule has 2 nitrogen and oxygen atoms in total. The van der Waals surface area contributed by atoms with Crippen LogP contribution in [0.1, 0.15) is 73.6 Å². The third-order valence-electron chi connectivity index (χ3n) is 5.07. The second-order valence-electron chi connectivity index (χ2n) is 7.50. The molecule has 3 heteroatoms. The van der Waals surface area contributed by atoms with E-state index >= 15 is 0 Å². The molecule has 0 spiro atoms. The molecule has 0 atom stereocenters. The van der Waals surface area contributed by atoms with Crippen LogP contribution in [0.5, 0.6) is 0 Å². The van der Waals surface area contributed by atoms with Crippen LogP contribution in [0.3, 0.4) is 0 Å². The Morgan fingerprint density at radius 3 is 1.78 bits per heavy atom. The summed E-state index contributed by atoms with van der Waals surface area (Å²) in [4.78, 5) is 5.34. The van der Waals surface area contributed by atoms with E-state index in [0.29, 0.717) is 0 Å². The molecule has 138 valence electrons. The summed E-state index contributed by atoms with van der Waals surface area (Å²) in [6, 6.07) is 0.724. The van der Waals surface area contributed by atoms with Crippen molar-refractivity contribution in [3.8, 4) is 0 Å². The Bertz CT molecular complexity index is 246. The summed E-state index contributed by atoms with van der Waals surface area (Å²) in [5.41, 5.74) is 0. The molecule has 0 heterocycles. The SMILES string of the molecule is CCCN(CC)CC[CH2][In]([CH2]CC)[CH2]CCN(CCC)C(C)C. The second-order valence-corrected chi connectivity index (χ2v) is 17.4. The quantitative estimate of drug-likeness (QED) is 0.319. The molecule has 0 saturated carbocycles. The summed E-state index contributed by atoms with van der Waals surface area (Å²) in [5, 5.41) is 0. The van der Waals surface area contributed by atoms with Crippen molar-refractivity contribution in [3.63, 3.8) is 0 Å². The molecule has 0 unspecified atom stereocenters. The molecule has 0 bridgehead atoms. The van der Waals surface area contributed by atoms with Gasteiger partial charge in [0.25, 0.3) is 0 Å². The van der Waals surface area contributed by atoms with Crippen LogP contribution < -0.4 is 0 Å². The van der Waals surface area contributed by atoms with Gasteiger partial charge in [0.2, 0.25) is 0 Å². The van der Waals surface area contributed by atoms with Gasteiger partial charge in [-0.15, -0.1) is 0 Å². The van der Waals surface area contributed by atoms with Gasteiger partial charge in [0.1, 0.15) is 0 Å². The summed E-state index contributed by atoms with van der Waals surface area (Å²) in [6.07, 6.45) is 7.00. The maximum absolute atomic E-state index is 2.69. The zero-order valence-corrected chi connectivity index (χ0v) is 20.5. The van der Waals surface area contributed by atoms with Crippen molar-refractivity contribution in [2.24, 2.45) is 0 Å². The number of nitrogens with zero attached hydrogens (tertiary/aromatic N) is 2. The van der Waals surface area contributed by atoms with Gasteiger partial charge in [-0.3, -0.25) is 0 Å². The van der Waals surface area contributed by atoms with Gasteiger partial charge >= 0.3 is 156 Å². The molecule has 0 N–H and O–H groups in total. The van der Waals surface area contributed by atoms with Gasteiger partial charge in [0, 0.05) is 0 Å². The molecule has 0 aromatic carbocycles. The van der Waals surface area contributed by atoms with Gasteiger partial charge in [0.05, 0.1) is 0 Å². The van der Waals surface area contributed by atoms with Crippen molar-refractivity contribution >= 4 is 21.4 Å². The van der Waals surface area contributed by atoms with Crippen molar-refractivity contribution in [1.82, 2.24) is 9.80 Å². The summed E-state index contributed by atoms with van der Waals surface area (Å²) in [5.74, 6) is 0. The van der Waals surface area contributed by atoms with Crippen molar-refractivity contribution in [2.45, 2.75) is 92.2 Å². The van der Waals surface area contributed by atoms with E-state index in [1.54, 1.807) is 12.5 Å². The molecule has 0 aliphatic heterocycles. The first kappa shape index (κ1) is 23.8. The minimum absolute atomic E-state index is 0.724. The van der Waals surface area contributed by atoms with E-state index in [1.807, 2.05) is 0 Å². The van der Waals surface area contributed by atoms with Crippen LogP contribution in [-0.2, 0) is 0 Å². The first-order valence-electron chi connectivity index (χ1n) is 10.5. The zero-order chi connectivity index (χ0) is 17.5. The maximum atomic E-state index is 2.69. The molecule has 0 fully saturated rings. The van der Waals surface area contributed by atoms with Gasteiger partial charge < -0.3 is 0 Å². The Hall–Kier alpha value is 0.790. The molecule has 23 heavy (non-hydrogen) atoms. The average molecular weight is 428 g/mol. The van der Waals surface area contributed by atoms with E-state index < -0.39 is 21.4 Å². The zero-order valence-electron chi connectivity index (χ0n) is 17.2. The monoisotopic (exact) mass is 428 g/mol. The molecular weight excluding hydrogens is 383 g/mol. The van der Waals surface area contributed by atoms with Gasteiger partial charge in [-0.1, -0.05) is 0 Å². The molecule has 0 aliphatic carbocycles. The van der Waals surface area contributed by atoms with Crippen molar-refractivity contribution in [3.05, 3.63) is 0 Å². The standard InChI is InChI=1S/C9H20N.C8H18N.C3H7.In/c1-5-7-10(8-6-2)9(3)4;1-4-7-9(6-3)8-5-2;1-3-2;/h9H,1,5-8H2,2-4H3;1,4-8H2,2-3H3;1,3H2,2H3;. The fraction of sp³-hybridized carbons (Fsp3) is 1.00. The molecule has 0 aromatic heterocycles. The first-order chi connectivity index (χ1) is 11.1. The first-order valence-corrected chi connectivity index (χ1v) is 17.5. The van der Waals surface area contributed by atoms with Crippen LogP contribution >= 0.6 is 0 Å². The third kappa shape index (κ3) is 12.8. The molecule has 0 amide bonds. The predicted molar refractivity (Wildman–Crippen MR) is 109 cm³/mol. The molecule has 0 aromatic rings. The molecule has 0 radical (unpaired) electrons. The van der Waals surface area contributed by atoms with Crippen molar-refractivity contribution in [2.75, 3.05) is 32.7 Å². The van der Waals surface area contributed by atoms with Crippen LogP contribution in [0.2, 0.25) is 12.5 Å². The number of hydrogen-bond donors (Lipinski definition) is 0. The Morgan fingerprint density at radius 1 is 0.696 bits per heavy atom. The fourth-order valence-corrected chi connectivity index (χ4v) is 12.8. The normalized spacial score (nSPS) is 11.9. The Labute approximate surface area is 155 Å². The Balaban J connectivity index is 4.05. The van der Waals surface area contributed by atoms with Crippen LogP contribution in [0.4, 0.5) is 0 Å². The summed E-state index contributed by atoms with van der Waals surface area (Å²) in [7, 11) is 0. The van der Waals surface area contributed by atoms with E-state index in [4.69, 9.17) is 0 Å². The Kier molecular flexibility index (Phi) is 16.8. The van der Waals surface area contributed by atoms with Gasteiger partial charge in [-0.2, -0.15) is 0 Å².